The number of hydrogen-bond acceptors (Lipinski definition) is 5. The molecule has 0 aliphatic heterocycles. The molecule has 32 heavy (non-hydrogen) atoms. The van der Waals surface area contributed by atoms with Crippen molar-refractivity contribution in [3.8, 4) is 5.75 Å². The first-order valence-corrected chi connectivity index (χ1v) is 10.1. The average molecular weight is 426 g/mol. The fourth-order valence-corrected chi connectivity index (χ4v) is 3.35. The molecule has 0 aliphatic rings. The van der Waals surface area contributed by atoms with Crippen LogP contribution in [0.4, 0.5) is 0 Å². The lowest BCUT2D eigenvalue weighted by atomic mass is 10.1. The van der Waals surface area contributed by atoms with Crippen LogP contribution in [-0.2, 0) is 17.8 Å². The molecule has 0 fully saturated rings. The van der Waals surface area contributed by atoms with E-state index < -0.39 is 5.91 Å². The number of nitrogens with zero attached hydrogens (tertiary/aromatic N) is 3. The molecule has 160 valence electrons. The highest BCUT2D eigenvalue weighted by Crippen LogP contribution is 2.12. The van der Waals surface area contributed by atoms with Gasteiger partial charge >= 0.3 is 0 Å². The largest absolute Gasteiger partial charge is 0.497 e. The van der Waals surface area contributed by atoms with E-state index in [4.69, 9.17) is 4.74 Å². The molecule has 0 atom stereocenters. The third kappa shape index (κ3) is 4.89. The monoisotopic (exact) mass is 426 g/mol. The summed E-state index contributed by atoms with van der Waals surface area (Å²) < 4.78 is 6.56. The number of carbonyl (C=O) groups is 1. The fraction of sp³-hybridized carbons (Fsp3) is 0.120. The van der Waals surface area contributed by atoms with Gasteiger partial charge in [0.25, 0.3) is 11.5 Å². The number of fused-ring (bicyclic) bond motifs is 1. The highest BCUT2D eigenvalue weighted by molar-refractivity contribution is 5.83. The highest BCUT2D eigenvalue weighted by atomic mass is 16.5. The molecule has 1 amide bonds. The van der Waals surface area contributed by atoms with E-state index >= 15 is 0 Å². The van der Waals surface area contributed by atoms with Crippen LogP contribution in [0.2, 0.25) is 0 Å². The minimum atomic E-state index is -0.404. The zero-order valence-electron chi connectivity index (χ0n) is 17.6. The van der Waals surface area contributed by atoms with Gasteiger partial charge in [-0.1, -0.05) is 42.5 Å². The Morgan fingerprint density at radius 3 is 2.50 bits per heavy atom. The molecule has 0 bridgehead atoms. The minimum absolute atomic E-state index is 0.163. The van der Waals surface area contributed by atoms with Gasteiger partial charge < -0.3 is 4.74 Å². The quantitative estimate of drug-likeness (QED) is 0.363. The normalized spacial score (nSPS) is 11.0. The van der Waals surface area contributed by atoms with Gasteiger partial charge in [-0.15, -0.1) is 0 Å². The molecule has 4 aromatic rings. The topological polar surface area (TPSA) is 85.6 Å². The van der Waals surface area contributed by atoms with Crippen molar-refractivity contribution in [1.29, 1.82) is 0 Å². The summed E-state index contributed by atoms with van der Waals surface area (Å²) in [5.74, 6) is 0.334. The van der Waals surface area contributed by atoms with Crippen LogP contribution in [0.5, 0.6) is 5.75 Å². The predicted molar refractivity (Wildman–Crippen MR) is 124 cm³/mol. The van der Waals surface area contributed by atoms with Crippen molar-refractivity contribution >= 4 is 23.2 Å². The van der Waals surface area contributed by atoms with Gasteiger partial charge in [-0.25, -0.2) is 10.4 Å². The molecule has 1 heterocycles. The van der Waals surface area contributed by atoms with Crippen molar-refractivity contribution in [2.75, 3.05) is 7.11 Å². The van der Waals surface area contributed by atoms with Gasteiger partial charge in [0.15, 0.2) is 0 Å². The second kappa shape index (κ2) is 9.70. The van der Waals surface area contributed by atoms with E-state index in [1.165, 1.54) is 10.8 Å². The molecule has 7 heteroatoms. The summed E-state index contributed by atoms with van der Waals surface area (Å²) in [7, 11) is 1.60. The van der Waals surface area contributed by atoms with E-state index in [1.54, 1.807) is 25.3 Å². The number of rotatable bonds is 7. The first-order chi connectivity index (χ1) is 15.6. The Labute approximate surface area is 185 Å². The summed E-state index contributed by atoms with van der Waals surface area (Å²) in [5, 5.41) is 4.00. The lowest BCUT2D eigenvalue weighted by Gasteiger charge is -2.11. The molecule has 0 saturated heterocycles. The van der Waals surface area contributed by atoms with Crippen LogP contribution in [0.25, 0.3) is 11.0 Å². The molecule has 0 saturated carbocycles. The number of carbonyl (C=O) groups excluding carboxylic acids is 1. The minimum Gasteiger partial charge on any atom is -0.497 e. The SMILES string of the molecule is COc1ccc(/C=N/NC(=O)Cn2c(=O)c(Cc3ccccc3)nc3ccccc32)cc1. The number of amides is 1. The van der Waals surface area contributed by atoms with E-state index in [0.29, 0.717) is 23.1 Å². The van der Waals surface area contributed by atoms with Crippen LogP contribution in [0.15, 0.2) is 88.8 Å². The molecular weight excluding hydrogens is 404 g/mol. The molecule has 0 aliphatic carbocycles. The number of nitrogens with one attached hydrogen (secondary N) is 1. The van der Waals surface area contributed by atoms with Crippen LogP contribution in [0.3, 0.4) is 0 Å². The standard InChI is InChI=1S/C25H22N4O3/c1-32-20-13-11-19(12-14-20)16-26-28-24(30)17-29-23-10-6-5-9-21(23)27-22(25(29)31)15-18-7-3-2-4-8-18/h2-14,16H,15,17H2,1H3,(H,28,30)/b26-16+. The summed E-state index contributed by atoms with van der Waals surface area (Å²) in [6, 6.07) is 24.2. The van der Waals surface area contributed by atoms with Gasteiger partial charge in [-0.3, -0.25) is 14.2 Å². The van der Waals surface area contributed by atoms with E-state index in [2.05, 4.69) is 15.5 Å². The molecule has 0 unspecified atom stereocenters. The third-order valence-electron chi connectivity index (χ3n) is 4.95. The highest BCUT2D eigenvalue weighted by Gasteiger charge is 2.14. The summed E-state index contributed by atoms with van der Waals surface area (Å²) in [5.41, 5.74) is 5.64. The third-order valence-corrected chi connectivity index (χ3v) is 4.95. The molecule has 4 rings (SSSR count). The summed E-state index contributed by atoms with van der Waals surface area (Å²) in [6.07, 6.45) is 1.92. The van der Waals surface area contributed by atoms with Crippen molar-refractivity contribution in [1.82, 2.24) is 15.0 Å². The first kappa shape index (κ1) is 21.0. The number of hydrazone groups is 1. The number of aromatic nitrogens is 2. The molecule has 3 aromatic carbocycles. The van der Waals surface area contributed by atoms with Gasteiger partial charge in [0.1, 0.15) is 18.0 Å². The summed E-state index contributed by atoms with van der Waals surface area (Å²) in [4.78, 5) is 30.2. The zero-order chi connectivity index (χ0) is 22.3. The smallest absolute Gasteiger partial charge is 0.273 e. The van der Waals surface area contributed by atoms with Crippen LogP contribution in [0, 0.1) is 0 Å². The van der Waals surface area contributed by atoms with Crippen molar-refractivity contribution in [3.63, 3.8) is 0 Å². The molecule has 0 spiro atoms. The van der Waals surface area contributed by atoms with Crippen molar-refractivity contribution in [2.24, 2.45) is 5.10 Å². The maximum absolute atomic E-state index is 13.1. The van der Waals surface area contributed by atoms with Gasteiger partial charge in [0, 0.05) is 6.42 Å². The zero-order valence-corrected chi connectivity index (χ0v) is 17.6. The van der Waals surface area contributed by atoms with Gasteiger partial charge in [-0.05, 0) is 47.5 Å². The Morgan fingerprint density at radius 2 is 1.75 bits per heavy atom. The number of methoxy groups -OCH3 is 1. The van der Waals surface area contributed by atoms with Gasteiger partial charge in [0.2, 0.25) is 0 Å². The summed E-state index contributed by atoms with van der Waals surface area (Å²) >= 11 is 0. The maximum Gasteiger partial charge on any atom is 0.273 e. The Balaban J connectivity index is 1.55. The first-order valence-electron chi connectivity index (χ1n) is 10.1. The van der Waals surface area contributed by atoms with Crippen LogP contribution in [0.1, 0.15) is 16.8 Å². The number of para-hydroxylation sites is 2. The molecule has 7 nitrogen and oxygen atoms in total. The van der Waals surface area contributed by atoms with E-state index in [1.807, 2.05) is 60.7 Å². The van der Waals surface area contributed by atoms with Crippen molar-refractivity contribution in [2.45, 2.75) is 13.0 Å². The van der Waals surface area contributed by atoms with E-state index in [-0.39, 0.29) is 12.1 Å². The van der Waals surface area contributed by atoms with E-state index in [9.17, 15) is 9.59 Å². The van der Waals surface area contributed by atoms with Crippen molar-refractivity contribution < 1.29 is 9.53 Å². The molecule has 1 aromatic heterocycles. The fourth-order valence-electron chi connectivity index (χ4n) is 3.35. The number of ether oxygens (including phenoxy) is 1. The molecule has 0 radical (unpaired) electrons. The Kier molecular flexibility index (Phi) is 6.36. The van der Waals surface area contributed by atoms with E-state index in [0.717, 1.165) is 16.9 Å². The Hall–Kier alpha value is -4.26. The van der Waals surface area contributed by atoms with Gasteiger partial charge in [-0.2, -0.15) is 5.10 Å². The molecular formula is C25H22N4O3. The Bertz CT molecular complexity index is 1310. The van der Waals surface area contributed by atoms with Crippen LogP contribution < -0.4 is 15.7 Å². The van der Waals surface area contributed by atoms with Gasteiger partial charge in [0.05, 0.1) is 24.4 Å². The predicted octanol–water partition coefficient (Wildman–Crippen LogP) is 3.15. The van der Waals surface area contributed by atoms with Crippen LogP contribution >= 0.6 is 0 Å². The average Bonchev–Trinajstić information content (AvgIpc) is 2.83. The second-order valence-electron chi connectivity index (χ2n) is 7.17. The lowest BCUT2D eigenvalue weighted by Crippen LogP contribution is -2.32. The lowest BCUT2D eigenvalue weighted by molar-refractivity contribution is -0.121. The summed E-state index contributed by atoms with van der Waals surface area (Å²) in [6.45, 7) is -0.163. The Morgan fingerprint density at radius 1 is 1.03 bits per heavy atom. The molecule has 1 N–H and O–H groups in total. The van der Waals surface area contributed by atoms with Crippen LogP contribution in [-0.4, -0.2) is 28.8 Å². The number of benzene rings is 3. The second-order valence-corrected chi connectivity index (χ2v) is 7.17. The van der Waals surface area contributed by atoms with Crippen molar-refractivity contribution in [3.05, 3.63) is 106 Å². The maximum atomic E-state index is 13.1. The number of hydrogen-bond donors (Lipinski definition) is 1.